The van der Waals surface area contributed by atoms with Crippen LogP contribution in [-0.2, 0) is 6.61 Å². The molecule has 2 aromatic rings. The van der Waals surface area contributed by atoms with E-state index in [9.17, 15) is 9.90 Å². The van der Waals surface area contributed by atoms with Gasteiger partial charge in [-0.1, -0.05) is 15.9 Å². The van der Waals surface area contributed by atoms with Gasteiger partial charge in [-0.05, 0) is 24.3 Å². The van der Waals surface area contributed by atoms with Gasteiger partial charge in [0.2, 0.25) is 0 Å². The van der Waals surface area contributed by atoms with Crippen LogP contribution in [0.4, 0.5) is 0 Å². The zero-order chi connectivity index (χ0) is 13.1. The number of rotatable bonds is 3. The van der Waals surface area contributed by atoms with Crippen LogP contribution in [0.1, 0.15) is 16.1 Å². The SMILES string of the molecule is CNC(=O)c1ccn(-c2ccc(Br)cc2CO)n1. The van der Waals surface area contributed by atoms with Crippen LogP contribution in [0.5, 0.6) is 0 Å². The van der Waals surface area contributed by atoms with E-state index < -0.39 is 0 Å². The first-order valence-corrected chi connectivity index (χ1v) is 6.12. The van der Waals surface area contributed by atoms with Gasteiger partial charge in [0, 0.05) is 23.3 Å². The summed E-state index contributed by atoms with van der Waals surface area (Å²) in [7, 11) is 1.56. The third-order valence-electron chi connectivity index (χ3n) is 2.51. The fraction of sp³-hybridized carbons (Fsp3) is 0.167. The molecule has 1 aromatic carbocycles. The van der Waals surface area contributed by atoms with Crippen LogP contribution in [0, 0.1) is 0 Å². The Kier molecular flexibility index (Phi) is 3.78. The molecule has 2 N–H and O–H groups in total. The molecule has 1 aromatic heterocycles. The first kappa shape index (κ1) is 12.8. The van der Waals surface area contributed by atoms with E-state index in [2.05, 4.69) is 26.3 Å². The number of amides is 1. The molecular formula is C12H12BrN3O2. The standard InChI is InChI=1S/C12H12BrN3O2/c1-14-12(18)10-4-5-16(15-10)11-3-2-9(13)6-8(11)7-17/h2-6,17H,7H2,1H3,(H,14,18). The molecule has 0 atom stereocenters. The van der Waals surface area contributed by atoms with Crippen molar-refractivity contribution in [3.8, 4) is 5.69 Å². The van der Waals surface area contributed by atoms with Gasteiger partial charge in [-0.25, -0.2) is 4.68 Å². The van der Waals surface area contributed by atoms with Crippen LogP contribution in [-0.4, -0.2) is 27.8 Å². The summed E-state index contributed by atoms with van der Waals surface area (Å²) in [6.07, 6.45) is 1.69. The summed E-state index contributed by atoms with van der Waals surface area (Å²) in [6, 6.07) is 7.13. The Morgan fingerprint density at radius 3 is 2.94 bits per heavy atom. The second-order valence-electron chi connectivity index (χ2n) is 3.66. The van der Waals surface area contributed by atoms with Crippen LogP contribution >= 0.6 is 15.9 Å². The zero-order valence-corrected chi connectivity index (χ0v) is 11.3. The van der Waals surface area contributed by atoms with E-state index in [4.69, 9.17) is 0 Å². The molecule has 2 rings (SSSR count). The normalized spacial score (nSPS) is 10.4. The number of aliphatic hydroxyl groups excluding tert-OH is 1. The molecule has 0 saturated carbocycles. The maximum absolute atomic E-state index is 11.4. The molecule has 1 heterocycles. The minimum Gasteiger partial charge on any atom is -0.392 e. The molecule has 0 saturated heterocycles. The van der Waals surface area contributed by atoms with Crippen molar-refractivity contribution < 1.29 is 9.90 Å². The minimum atomic E-state index is -0.239. The number of aromatic nitrogens is 2. The van der Waals surface area contributed by atoms with E-state index in [0.717, 1.165) is 15.7 Å². The number of hydrogen-bond acceptors (Lipinski definition) is 3. The Bertz CT molecular complexity index is 580. The molecule has 18 heavy (non-hydrogen) atoms. The van der Waals surface area contributed by atoms with Crippen LogP contribution in [0.3, 0.4) is 0 Å². The highest BCUT2D eigenvalue weighted by Crippen LogP contribution is 2.20. The van der Waals surface area contributed by atoms with Crippen LogP contribution in [0.15, 0.2) is 34.9 Å². The van der Waals surface area contributed by atoms with Gasteiger partial charge >= 0.3 is 0 Å². The number of aliphatic hydroxyl groups is 1. The van der Waals surface area contributed by atoms with Gasteiger partial charge in [-0.3, -0.25) is 4.79 Å². The van der Waals surface area contributed by atoms with E-state index in [0.29, 0.717) is 5.69 Å². The van der Waals surface area contributed by atoms with E-state index in [-0.39, 0.29) is 12.5 Å². The lowest BCUT2D eigenvalue weighted by molar-refractivity contribution is 0.0957. The number of nitrogens with zero attached hydrogens (tertiary/aromatic N) is 2. The van der Waals surface area contributed by atoms with Crippen molar-refractivity contribution in [1.82, 2.24) is 15.1 Å². The molecule has 0 fully saturated rings. The number of halogens is 1. The summed E-state index contributed by atoms with van der Waals surface area (Å²) in [5.41, 5.74) is 1.82. The zero-order valence-electron chi connectivity index (χ0n) is 9.72. The average Bonchev–Trinajstić information content (AvgIpc) is 2.87. The first-order valence-electron chi connectivity index (χ1n) is 5.33. The highest BCUT2D eigenvalue weighted by molar-refractivity contribution is 9.10. The Hall–Kier alpha value is -1.66. The second kappa shape index (κ2) is 5.32. The van der Waals surface area contributed by atoms with E-state index >= 15 is 0 Å². The molecule has 0 aliphatic heterocycles. The number of carbonyl (C=O) groups is 1. The fourth-order valence-corrected chi connectivity index (χ4v) is 2.02. The summed E-state index contributed by atoms with van der Waals surface area (Å²) in [4.78, 5) is 11.4. The van der Waals surface area contributed by atoms with Gasteiger partial charge in [-0.15, -0.1) is 0 Å². The lowest BCUT2D eigenvalue weighted by atomic mass is 10.2. The second-order valence-corrected chi connectivity index (χ2v) is 4.57. The van der Waals surface area contributed by atoms with Gasteiger partial charge in [0.05, 0.1) is 12.3 Å². The Labute approximate surface area is 113 Å². The monoisotopic (exact) mass is 309 g/mol. The van der Waals surface area contributed by atoms with Gasteiger partial charge in [0.15, 0.2) is 5.69 Å². The van der Waals surface area contributed by atoms with Crippen molar-refractivity contribution in [1.29, 1.82) is 0 Å². The maximum atomic E-state index is 11.4. The van der Waals surface area contributed by atoms with Crippen molar-refractivity contribution in [2.75, 3.05) is 7.05 Å². The summed E-state index contributed by atoms with van der Waals surface area (Å²) in [5.74, 6) is -0.239. The summed E-state index contributed by atoms with van der Waals surface area (Å²) in [5, 5.41) is 16.0. The van der Waals surface area contributed by atoms with Crippen molar-refractivity contribution in [3.05, 3.63) is 46.2 Å². The molecule has 94 valence electrons. The van der Waals surface area contributed by atoms with Crippen molar-refractivity contribution >= 4 is 21.8 Å². The smallest absolute Gasteiger partial charge is 0.271 e. The molecular weight excluding hydrogens is 298 g/mol. The maximum Gasteiger partial charge on any atom is 0.271 e. The predicted octanol–water partition coefficient (Wildman–Crippen LogP) is 1.49. The van der Waals surface area contributed by atoms with Gasteiger partial charge in [0.1, 0.15) is 0 Å². The van der Waals surface area contributed by atoms with Crippen LogP contribution in [0.2, 0.25) is 0 Å². The van der Waals surface area contributed by atoms with E-state index in [1.165, 1.54) is 0 Å². The number of benzene rings is 1. The van der Waals surface area contributed by atoms with Crippen LogP contribution < -0.4 is 5.32 Å². The number of carbonyl (C=O) groups excluding carboxylic acids is 1. The Morgan fingerprint density at radius 1 is 1.50 bits per heavy atom. The summed E-state index contributed by atoms with van der Waals surface area (Å²) in [6.45, 7) is -0.0933. The van der Waals surface area contributed by atoms with Crippen molar-refractivity contribution in [3.63, 3.8) is 0 Å². The highest BCUT2D eigenvalue weighted by atomic mass is 79.9. The molecule has 0 spiro atoms. The molecule has 1 amide bonds. The van der Waals surface area contributed by atoms with Crippen LogP contribution in [0.25, 0.3) is 5.69 Å². The number of nitrogens with one attached hydrogen (secondary N) is 1. The van der Waals surface area contributed by atoms with Crippen molar-refractivity contribution in [2.24, 2.45) is 0 Å². The van der Waals surface area contributed by atoms with E-state index in [1.54, 1.807) is 24.0 Å². The number of hydrogen-bond donors (Lipinski definition) is 2. The van der Waals surface area contributed by atoms with Gasteiger partial charge in [0.25, 0.3) is 5.91 Å². The molecule has 0 aliphatic rings. The summed E-state index contributed by atoms with van der Waals surface area (Å²) < 4.78 is 2.46. The molecule has 0 radical (unpaired) electrons. The fourth-order valence-electron chi connectivity index (χ4n) is 1.61. The molecule has 6 heteroatoms. The Morgan fingerprint density at radius 2 is 2.28 bits per heavy atom. The average molecular weight is 310 g/mol. The minimum absolute atomic E-state index is 0.0933. The highest BCUT2D eigenvalue weighted by Gasteiger charge is 2.10. The van der Waals surface area contributed by atoms with E-state index in [1.807, 2.05) is 18.2 Å². The Balaban J connectivity index is 2.42. The topological polar surface area (TPSA) is 67.2 Å². The lowest BCUT2D eigenvalue weighted by Gasteiger charge is -2.07. The lowest BCUT2D eigenvalue weighted by Crippen LogP contribution is -2.18. The quantitative estimate of drug-likeness (QED) is 0.902. The largest absolute Gasteiger partial charge is 0.392 e. The summed E-state index contributed by atoms with van der Waals surface area (Å²) >= 11 is 3.34. The van der Waals surface area contributed by atoms with Crippen molar-refractivity contribution in [2.45, 2.75) is 6.61 Å². The van der Waals surface area contributed by atoms with Gasteiger partial charge in [-0.2, -0.15) is 5.10 Å². The molecule has 0 bridgehead atoms. The molecule has 5 nitrogen and oxygen atoms in total. The molecule has 0 aliphatic carbocycles. The molecule has 0 unspecified atom stereocenters. The first-order chi connectivity index (χ1) is 8.65. The predicted molar refractivity (Wildman–Crippen MR) is 70.6 cm³/mol. The van der Waals surface area contributed by atoms with Gasteiger partial charge < -0.3 is 10.4 Å². The third kappa shape index (κ3) is 2.44. The third-order valence-corrected chi connectivity index (χ3v) is 3.00.